The lowest BCUT2D eigenvalue weighted by atomic mass is 10.1. The van der Waals surface area contributed by atoms with Gasteiger partial charge in [0, 0.05) is 19.4 Å². The molecule has 2 unspecified atom stereocenters. The maximum atomic E-state index is 12.6. The highest BCUT2D eigenvalue weighted by atomic mass is 31.2. The van der Waals surface area contributed by atoms with Crippen molar-refractivity contribution in [2.75, 3.05) is 26.4 Å². The van der Waals surface area contributed by atoms with Crippen LogP contribution in [0, 0.1) is 0 Å². The molecule has 0 aliphatic heterocycles. The number of carbonyl (C=O) groups is 2. The minimum Gasteiger partial charge on any atom is -0.462 e. The molecule has 0 radical (unpaired) electrons. The maximum Gasteiger partial charge on any atom is 0.472 e. The molecule has 10 heteroatoms. The van der Waals surface area contributed by atoms with Crippen molar-refractivity contribution in [3.8, 4) is 0 Å². The number of carbonyl (C=O) groups excluding carboxylic acids is 2. The smallest absolute Gasteiger partial charge is 0.462 e. The van der Waals surface area contributed by atoms with Gasteiger partial charge in [-0.2, -0.15) is 0 Å². The summed E-state index contributed by atoms with van der Waals surface area (Å²) in [6.07, 6.45) is 60.4. The Morgan fingerprint density at radius 2 is 0.887 bits per heavy atom. The SMILES string of the molecule is CC/C=C\C/C=C\C/C=C\C/C=C\C/C=C\CCCCCCCCCCCC(=O)OC(COC(=O)CCCCCCC/C=C\C/C=C\CCCCCC)COP(=O)(O)OCCN. The summed E-state index contributed by atoms with van der Waals surface area (Å²) in [6.45, 7) is 3.58. The van der Waals surface area contributed by atoms with Gasteiger partial charge in [0.1, 0.15) is 6.61 Å². The van der Waals surface area contributed by atoms with E-state index in [2.05, 4.69) is 98.9 Å². The number of unbranched alkanes of at least 4 members (excludes halogenated alkanes) is 18. The average Bonchev–Trinajstić information content (AvgIpc) is 3.26. The molecule has 0 saturated carbocycles. The van der Waals surface area contributed by atoms with Gasteiger partial charge in [0.25, 0.3) is 0 Å². The van der Waals surface area contributed by atoms with Crippen molar-refractivity contribution in [3.05, 3.63) is 85.1 Å². The van der Waals surface area contributed by atoms with E-state index in [1.807, 2.05) is 0 Å². The van der Waals surface area contributed by atoms with Crippen molar-refractivity contribution in [2.24, 2.45) is 5.73 Å². The monoisotopic (exact) mass is 888 g/mol. The van der Waals surface area contributed by atoms with Gasteiger partial charge in [-0.05, 0) is 89.9 Å². The molecule has 0 amide bonds. The van der Waals surface area contributed by atoms with Crippen molar-refractivity contribution in [1.82, 2.24) is 0 Å². The lowest BCUT2D eigenvalue weighted by molar-refractivity contribution is -0.161. The molecule has 0 fully saturated rings. The van der Waals surface area contributed by atoms with Crippen molar-refractivity contribution in [3.63, 3.8) is 0 Å². The van der Waals surface area contributed by atoms with Gasteiger partial charge >= 0.3 is 19.8 Å². The summed E-state index contributed by atoms with van der Waals surface area (Å²) in [7, 11) is -4.39. The number of hydrogen-bond acceptors (Lipinski definition) is 8. The first-order valence-corrected chi connectivity index (χ1v) is 26.1. The van der Waals surface area contributed by atoms with E-state index >= 15 is 0 Å². The summed E-state index contributed by atoms with van der Waals surface area (Å²) in [4.78, 5) is 35.0. The second kappa shape index (κ2) is 47.7. The van der Waals surface area contributed by atoms with E-state index in [4.69, 9.17) is 24.3 Å². The fourth-order valence-corrected chi connectivity index (χ4v) is 7.16. The Balaban J connectivity index is 4.11. The summed E-state index contributed by atoms with van der Waals surface area (Å²) in [5.74, 6) is -0.855. The molecular formula is C52H90NO8P. The molecule has 0 aliphatic carbocycles. The van der Waals surface area contributed by atoms with Crippen molar-refractivity contribution < 1.29 is 37.6 Å². The normalized spacial score (nSPS) is 13.9. The van der Waals surface area contributed by atoms with Gasteiger partial charge in [0.2, 0.25) is 0 Å². The van der Waals surface area contributed by atoms with E-state index in [0.29, 0.717) is 12.8 Å². The van der Waals surface area contributed by atoms with Crippen LogP contribution in [0.25, 0.3) is 0 Å². The van der Waals surface area contributed by atoms with Crippen molar-refractivity contribution in [2.45, 2.75) is 206 Å². The fourth-order valence-electron chi connectivity index (χ4n) is 6.40. The second-order valence-electron chi connectivity index (χ2n) is 15.9. The third-order valence-corrected chi connectivity index (χ3v) is 11.0. The molecule has 0 aromatic carbocycles. The predicted molar refractivity (Wildman–Crippen MR) is 261 cm³/mol. The first-order valence-electron chi connectivity index (χ1n) is 24.6. The molecule has 0 aromatic heterocycles. The van der Waals surface area contributed by atoms with Gasteiger partial charge in [-0.15, -0.1) is 0 Å². The fraction of sp³-hybridized carbons (Fsp3) is 0.692. The van der Waals surface area contributed by atoms with Gasteiger partial charge in [-0.1, -0.05) is 182 Å². The zero-order valence-corrected chi connectivity index (χ0v) is 40.2. The van der Waals surface area contributed by atoms with Gasteiger partial charge in [0.05, 0.1) is 13.2 Å². The largest absolute Gasteiger partial charge is 0.472 e. The van der Waals surface area contributed by atoms with Gasteiger partial charge in [-0.3, -0.25) is 18.6 Å². The quantitative estimate of drug-likeness (QED) is 0.0265. The number of phosphoric acid groups is 1. The Bertz CT molecular complexity index is 1290. The zero-order valence-electron chi connectivity index (χ0n) is 39.3. The highest BCUT2D eigenvalue weighted by molar-refractivity contribution is 7.47. The van der Waals surface area contributed by atoms with Gasteiger partial charge in [0.15, 0.2) is 6.10 Å². The number of nitrogens with two attached hydrogens (primary N) is 1. The Kier molecular flexibility index (Phi) is 45.5. The molecule has 2 atom stereocenters. The minimum atomic E-state index is -4.39. The molecule has 0 rings (SSSR count). The standard InChI is InChI=1S/C52H90NO8P/c1-3-5-7-9-11-13-15-17-19-21-22-23-24-25-26-27-28-29-31-33-35-37-39-41-43-45-52(55)61-50(49-60-62(56,57)59-47-46-53)48-58-51(54)44-42-40-38-36-34-32-30-20-18-16-14-12-10-8-6-4-2/h5,7,11,13-14,16-17,19-20,22-23,25-26,30,50H,3-4,6,8-10,12,15,18,21,24,27-29,31-49,53H2,1-2H3,(H,56,57)/b7-5-,13-11-,16-14-,19-17-,23-22-,26-25-,30-20-. The summed E-state index contributed by atoms with van der Waals surface area (Å²) in [5.41, 5.74) is 5.36. The number of phosphoric ester groups is 1. The van der Waals surface area contributed by atoms with E-state index in [1.54, 1.807) is 0 Å². The molecule has 0 aromatic rings. The van der Waals surface area contributed by atoms with Crippen molar-refractivity contribution in [1.29, 1.82) is 0 Å². The lowest BCUT2D eigenvalue weighted by Gasteiger charge is -2.19. The average molecular weight is 888 g/mol. The predicted octanol–water partition coefficient (Wildman–Crippen LogP) is 14.8. The van der Waals surface area contributed by atoms with Gasteiger partial charge in [-0.25, -0.2) is 4.57 Å². The number of esters is 2. The number of rotatable bonds is 45. The van der Waals surface area contributed by atoms with Gasteiger partial charge < -0.3 is 20.1 Å². The highest BCUT2D eigenvalue weighted by Crippen LogP contribution is 2.43. The summed E-state index contributed by atoms with van der Waals surface area (Å²) < 4.78 is 32.9. The molecule has 0 bridgehead atoms. The van der Waals surface area contributed by atoms with Crippen LogP contribution in [-0.2, 0) is 32.7 Å². The van der Waals surface area contributed by atoms with Crippen LogP contribution in [0.3, 0.4) is 0 Å². The molecular weight excluding hydrogens is 798 g/mol. The first kappa shape index (κ1) is 59.2. The van der Waals surface area contributed by atoms with Crippen LogP contribution >= 0.6 is 7.82 Å². The summed E-state index contributed by atoms with van der Waals surface area (Å²) in [6, 6.07) is 0. The van der Waals surface area contributed by atoms with Crippen LogP contribution < -0.4 is 5.73 Å². The van der Waals surface area contributed by atoms with Crippen LogP contribution in [0.1, 0.15) is 200 Å². The summed E-state index contributed by atoms with van der Waals surface area (Å²) in [5, 5.41) is 0. The maximum absolute atomic E-state index is 12.6. The van der Waals surface area contributed by atoms with Crippen LogP contribution in [0.5, 0.6) is 0 Å². The first-order chi connectivity index (χ1) is 30.3. The molecule has 0 spiro atoms. The van der Waals surface area contributed by atoms with Crippen LogP contribution in [0.4, 0.5) is 0 Å². The minimum absolute atomic E-state index is 0.0462. The molecule has 0 saturated heterocycles. The van der Waals surface area contributed by atoms with Crippen LogP contribution in [-0.4, -0.2) is 49.3 Å². The molecule has 0 heterocycles. The zero-order chi connectivity index (χ0) is 45.3. The van der Waals surface area contributed by atoms with E-state index in [-0.39, 0.29) is 32.6 Å². The van der Waals surface area contributed by atoms with E-state index in [9.17, 15) is 19.0 Å². The van der Waals surface area contributed by atoms with Crippen LogP contribution in [0.15, 0.2) is 85.1 Å². The van der Waals surface area contributed by atoms with Crippen LogP contribution in [0.2, 0.25) is 0 Å². The Hall–Kier alpha value is -2.81. The Morgan fingerprint density at radius 3 is 1.32 bits per heavy atom. The second-order valence-corrected chi connectivity index (χ2v) is 17.4. The lowest BCUT2D eigenvalue weighted by Crippen LogP contribution is -2.29. The third kappa shape index (κ3) is 46.7. The molecule has 3 N–H and O–H groups in total. The molecule has 62 heavy (non-hydrogen) atoms. The Morgan fingerprint density at radius 1 is 0.500 bits per heavy atom. The number of hydrogen-bond donors (Lipinski definition) is 2. The topological polar surface area (TPSA) is 134 Å². The number of ether oxygens (including phenoxy) is 2. The highest BCUT2D eigenvalue weighted by Gasteiger charge is 2.26. The van der Waals surface area contributed by atoms with E-state index in [1.165, 1.54) is 64.2 Å². The van der Waals surface area contributed by atoms with E-state index < -0.39 is 32.5 Å². The molecule has 0 aliphatic rings. The van der Waals surface area contributed by atoms with E-state index in [0.717, 1.165) is 96.3 Å². The third-order valence-electron chi connectivity index (χ3n) is 10.0. The van der Waals surface area contributed by atoms with Crippen molar-refractivity contribution >= 4 is 19.8 Å². The Labute approximate surface area is 379 Å². The number of allylic oxidation sites excluding steroid dienone is 14. The molecule has 9 nitrogen and oxygen atoms in total. The summed E-state index contributed by atoms with van der Waals surface area (Å²) >= 11 is 0. The molecule has 356 valence electrons.